The number of anilines is 1. The van der Waals surface area contributed by atoms with Gasteiger partial charge in [0.05, 0.1) is 10.7 Å². The van der Waals surface area contributed by atoms with Gasteiger partial charge in [-0.3, -0.25) is 0 Å². The van der Waals surface area contributed by atoms with Gasteiger partial charge in [-0.05, 0) is 24.3 Å². The van der Waals surface area contributed by atoms with Gasteiger partial charge in [-0.15, -0.1) is 11.8 Å². The van der Waals surface area contributed by atoms with Crippen molar-refractivity contribution in [3.63, 3.8) is 0 Å². The summed E-state index contributed by atoms with van der Waals surface area (Å²) in [6, 6.07) is 6.99. The molecular formula is C13H11ClF2N2S. The number of nitrogens with zero attached hydrogens (tertiary/aromatic N) is 1. The second-order valence-corrected chi connectivity index (χ2v) is 5.16. The van der Waals surface area contributed by atoms with Gasteiger partial charge in [0.1, 0.15) is 17.5 Å². The summed E-state index contributed by atoms with van der Waals surface area (Å²) in [5.41, 5.74) is 0.655. The van der Waals surface area contributed by atoms with E-state index in [4.69, 9.17) is 11.6 Å². The molecule has 0 atom stereocenters. The van der Waals surface area contributed by atoms with Crippen LogP contribution in [0.4, 0.5) is 14.6 Å². The molecule has 19 heavy (non-hydrogen) atoms. The minimum absolute atomic E-state index is 0.370. The maximum Gasteiger partial charge on any atom is 0.139 e. The summed E-state index contributed by atoms with van der Waals surface area (Å²) in [6.07, 6.45) is 0. The van der Waals surface area contributed by atoms with Crippen molar-refractivity contribution in [3.8, 4) is 0 Å². The monoisotopic (exact) mass is 300 g/mol. The molecule has 6 heteroatoms. The van der Waals surface area contributed by atoms with Gasteiger partial charge in [0.25, 0.3) is 0 Å². The largest absolute Gasteiger partial charge is 0.373 e. The van der Waals surface area contributed by atoms with E-state index < -0.39 is 11.6 Å². The van der Waals surface area contributed by atoms with Crippen LogP contribution in [0.3, 0.4) is 0 Å². The van der Waals surface area contributed by atoms with Crippen molar-refractivity contribution in [2.45, 2.75) is 10.6 Å². The standard InChI is InChI=1S/C13H11ClF2N2S/c1-17-13-5-3-9(14)11(18-13)7-19-12-4-2-8(15)6-10(12)16/h2-6H,7H2,1H3,(H,17,18). The molecule has 0 saturated carbocycles. The van der Waals surface area contributed by atoms with Crippen LogP contribution in [-0.2, 0) is 5.75 Å². The van der Waals surface area contributed by atoms with Crippen LogP contribution in [0, 0.1) is 11.6 Å². The van der Waals surface area contributed by atoms with Crippen LogP contribution >= 0.6 is 23.4 Å². The summed E-state index contributed by atoms with van der Waals surface area (Å²) in [6.45, 7) is 0. The highest BCUT2D eigenvalue weighted by Gasteiger charge is 2.08. The molecular weight excluding hydrogens is 290 g/mol. The highest BCUT2D eigenvalue weighted by Crippen LogP contribution is 2.28. The molecule has 1 heterocycles. The Labute approximate surface area is 119 Å². The predicted octanol–water partition coefficient (Wildman–Crippen LogP) is 4.35. The van der Waals surface area contributed by atoms with E-state index in [2.05, 4.69) is 10.3 Å². The number of halogens is 3. The van der Waals surface area contributed by atoms with Crippen molar-refractivity contribution < 1.29 is 8.78 Å². The van der Waals surface area contributed by atoms with Gasteiger partial charge in [-0.1, -0.05) is 11.6 Å². The molecule has 2 rings (SSSR count). The summed E-state index contributed by atoms with van der Waals surface area (Å²) >= 11 is 7.25. The molecule has 0 aliphatic rings. The fourth-order valence-electron chi connectivity index (χ4n) is 1.46. The topological polar surface area (TPSA) is 24.9 Å². The molecule has 0 unspecified atom stereocenters. The highest BCUT2D eigenvalue weighted by molar-refractivity contribution is 7.98. The lowest BCUT2D eigenvalue weighted by molar-refractivity contribution is 0.565. The molecule has 0 aliphatic carbocycles. The number of rotatable bonds is 4. The van der Waals surface area contributed by atoms with E-state index in [1.807, 2.05) is 0 Å². The van der Waals surface area contributed by atoms with Crippen LogP contribution in [0.15, 0.2) is 35.2 Å². The van der Waals surface area contributed by atoms with Gasteiger partial charge < -0.3 is 5.32 Å². The summed E-state index contributed by atoms with van der Waals surface area (Å²) in [4.78, 5) is 4.66. The summed E-state index contributed by atoms with van der Waals surface area (Å²) in [7, 11) is 1.76. The first kappa shape index (κ1) is 14.1. The first-order valence-corrected chi connectivity index (χ1v) is 6.87. The summed E-state index contributed by atoms with van der Waals surface area (Å²) < 4.78 is 26.3. The van der Waals surface area contributed by atoms with Crippen LogP contribution in [-0.4, -0.2) is 12.0 Å². The summed E-state index contributed by atoms with van der Waals surface area (Å²) in [5, 5.41) is 3.43. The Morgan fingerprint density at radius 3 is 2.74 bits per heavy atom. The third-order valence-electron chi connectivity index (χ3n) is 2.43. The van der Waals surface area contributed by atoms with E-state index in [-0.39, 0.29) is 0 Å². The first-order valence-electron chi connectivity index (χ1n) is 5.51. The Balaban J connectivity index is 2.14. The molecule has 0 saturated heterocycles. The van der Waals surface area contributed by atoms with Gasteiger partial charge in [-0.2, -0.15) is 0 Å². The molecule has 0 bridgehead atoms. The number of hydrogen-bond acceptors (Lipinski definition) is 3. The molecule has 0 radical (unpaired) electrons. The van der Waals surface area contributed by atoms with E-state index in [1.165, 1.54) is 23.9 Å². The van der Waals surface area contributed by atoms with Crippen molar-refractivity contribution in [3.05, 3.63) is 52.7 Å². The lowest BCUT2D eigenvalue weighted by atomic mass is 10.3. The van der Waals surface area contributed by atoms with Crippen molar-refractivity contribution in [2.75, 3.05) is 12.4 Å². The lowest BCUT2D eigenvalue weighted by Crippen LogP contribution is -1.96. The first-order chi connectivity index (χ1) is 9.10. The third kappa shape index (κ3) is 3.58. The molecule has 1 aromatic heterocycles. The molecule has 100 valence electrons. The maximum atomic E-state index is 13.5. The SMILES string of the molecule is CNc1ccc(Cl)c(CSc2ccc(F)cc2F)n1. The number of benzene rings is 1. The lowest BCUT2D eigenvalue weighted by Gasteiger charge is -2.07. The van der Waals surface area contributed by atoms with E-state index in [0.717, 1.165) is 6.07 Å². The second kappa shape index (κ2) is 6.21. The van der Waals surface area contributed by atoms with E-state index >= 15 is 0 Å². The van der Waals surface area contributed by atoms with Crippen LogP contribution in [0.2, 0.25) is 5.02 Å². The van der Waals surface area contributed by atoms with Gasteiger partial charge in [0.15, 0.2) is 0 Å². The van der Waals surface area contributed by atoms with Crippen LogP contribution in [0.1, 0.15) is 5.69 Å². The van der Waals surface area contributed by atoms with Crippen molar-refractivity contribution in [1.29, 1.82) is 0 Å². The third-order valence-corrected chi connectivity index (χ3v) is 3.84. The molecule has 2 nitrogen and oxygen atoms in total. The molecule has 0 fully saturated rings. The van der Waals surface area contributed by atoms with E-state index in [0.29, 0.717) is 27.2 Å². The minimum Gasteiger partial charge on any atom is -0.373 e. The molecule has 2 aromatic rings. The van der Waals surface area contributed by atoms with Crippen LogP contribution in [0.5, 0.6) is 0 Å². The molecule has 0 amide bonds. The quantitative estimate of drug-likeness (QED) is 0.850. The molecule has 0 spiro atoms. The van der Waals surface area contributed by atoms with Crippen LogP contribution < -0.4 is 5.32 Å². The zero-order chi connectivity index (χ0) is 13.8. The average molecular weight is 301 g/mol. The summed E-state index contributed by atoms with van der Waals surface area (Å²) in [5.74, 6) is -0.0580. The minimum atomic E-state index is -0.588. The predicted molar refractivity (Wildman–Crippen MR) is 74.7 cm³/mol. The number of thioether (sulfide) groups is 1. The Morgan fingerprint density at radius 2 is 2.05 bits per heavy atom. The smallest absolute Gasteiger partial charge is 0.139 e. The number of pyridine rings is 1. The van der Waals surface area contributed by atoms with Crippen molar-refractivity contribution in [2.24, 2.45) is 0 Å². The van der Waals surface area contributed by atoms with E-state index in [1.54, 1.807) is 19.2 Å². The average Bonchev–Trinajstić information content (AvgIpc) is 2.39. The normalized spacial score (nSPS) is 10.5. The zero-order valence-corrected chi connectivity index (χ0v) is 11.7. The molecule has 0 aliphatic heterocycles. The van der Waals surface area contributed by atoms with Gasteiger partial charge in [0, 0.05) is 23.8 Å². The second-order valence-electron chi connectivity index (χ2n) is 3.74. The Hall–Kier alpha value is -1.33. The molecule has 1 N–H and O–H groups in total. The van der Waals surface area contributed by atoms with Crippen molar-refractivity contribution in [1.82, 2.24) is 4.98 Å². The van der Waals surface area contributed by atoms with Gasteiger partial charge in [0.2, 0.25) is 0 Å². The Morgan fingerprint density at radius 1 is 1.26 bits per heavy atom. The van der Waals surface area contributed by atoms with E-state index in [9.17, 15) is 8.78 Å². The van der Waals surface area contributed by atoms with Crippen molar-refractivity contribution >= 4 is 29.2 Å². The van der Waals surface area contributed by atoms with Gasteiger partial charge >= 0.3 is 0 Å². The zero-order valence-electron chi connectivity index (χ0n) is 10.1. The number of hydrogen-bond donors (Lipinski definition) is 1. The van der Waals surface area contributed by atoms with Crippen LogP contribution in [0.25, 0.3) is 0 Å². The Bertz CT molecular complexity index is 593. The van der Waals surface area contributed by atoms with Gasteiger partial charge in [-0.25, -0.2) is 13.8 Å². The number of nitrogens with one attached hydrogen (secondary N) is 1. The Kier molecular flexibility index (Phi) is 4.61. The highest BCUT2D eigenvalue weighted by atomic mass is 35.5. The fourth-order valence-corrected chi connectivity index (χ4v) is 2.59. The maximum absolute atomic E-state index is 13.5. The number of aromatic nitrogens is 1. The molecule has 1 aromatic carbocycles. The fraction of sp³-hybridized carbons (Fsp3) is 0.154.